The van der Waals surface area contributed by atoms with E-state index in [-0.39, 0.29) is 5.25 Å². The second kappa shape index (κ2) is 7.00. The van der Waals surface area contributed by atoms with Gasteiger partial charge in [0, 0.05) is 26.2 Å². The Morgan fingerprint density at radius 1 is 1.16 bits per heavy atom. The van der Waals surface area contributed by atoms with Crippen molar-refractivity contribution < 1.29 is 0 Å². The average Bonchev–Trinajstić information content (AvgIpc) is 2.39. The molecule has 1 unspecified atom stereocenters. The van der Waals surface area contributed by atoms with Crippen molar-refractivity contribution in [2.24, 2.45) is 5.73 Å². The van der Waals surface area contributed by atoms with Crippen LogP contribution in [-0.2, 0) is 0 Å². The Labute approximate surface area is 135 Å². The Kier molecular flexibility index (Phi) is 5.60. The maximum absolute atomic E-state index is 6.19. The molecule has 0 spiro atoms. The molecular weight excluding hydrogens is 365 g/mol. The van der Waals surface area contributed by atoms with Crippen molar-refractivity contribution in [2.45, 2.75) is 10.1 Å². The lowest BCUT2D eigenvalue weighted by Gasteiger charge is -2.16. The number of thioether (sulfide) groups is 1. The number of halogens is 3. The molecule has 19 heavy (non-hydrogen) atoms. The summed E-state index contributed by atoms with van der Waals surface area (Å²) < 4.78 is 1.04. The summed E-state index contributed by atoms with van der Waals surface area (Å²) >= 11 is 17.3. The molecule has 0 aliphatic rings. The van der Waals surface area contributed by atoms with Crippen LogP contribution in [0.3, 0.4) is 0 Å². The number of benzene rings is 2. The zero-order chi connectivity index (χ0) is 13.8. The monoisotopic (exact) mass is 375 g/mol. The van der Waals surface area contributed by atoms with Crippen LogP contribution in [0.15, 0.2) is 51.8 Å². The van der Waals surface area contributed by atoms with E-state index in [1.807, 2.05) is 18.2 Å². The van der Waals surface area contributed by atoms with E-state index in [0.29, 0.717) is 16.6 Å². The molecular formula is C14H12BrCl2NS. The van der Waals surface area contributed by atoms with Gasteiger partial charge in [0.15, 0.2) is 0 Å². The minimum atomic E-state index is 0.147. The van der Waals surface area contributed by atoms with Crippen molar-refractivity contribution in [1.82, 2.24) is 0 Å². The van der Waals surface area contributed by atoms with E-state index in [4.69, 9.17) is 28.9 Å². The first-order valence-electron chi connectivity index (χ1n) is 5.67. The Bertz CT molecular complexity index is 577. The van der Waals surface area contributed by atoms with E-state index in [1.165, 1.54) is 0 Å². The third-order valence-corrected chi connectivity index (χ3v) is 5.11. The highest BCUT2D eigenvalue weighted by molar-refractivity contribution is 9.10. The zero-order valence-corrected chi connectivity index (χ0v) is 13.9. The fourth-order valence-electron chi connectivity index (χ4n) is 1.68. The fourth-order valence-corrected chi connectivity index (χ4v) is 3.65. The van der Waals surface area contributed by atoms with Gasteiger partial charge in [-0.1, -0.05) is 51.3 Å². The van der Waals surface area contributed by atoms with Gasteiger partial charge in [0.05, 0.1) is 5.02 Å². The SMILES string of the molecule is NCC(Sc1cc(Cl)ccc1Cl)c1cccc(Br)c1. The van der Waals surface area contributed by atoms with Crippen LogP contribution in [0, 0.1) is 0 Å². The number of hydrogen-bond donors (Lipinski definition) is 1. The molecule has 0 fully saturated rings. The molecule has 0 aliphatic heterocycles. The Hall–Kier alpha value is -0.190. The van der Waals surface area contributed by atoms with E-state index in [1.54, 1.807) is 23.9 Å². The van der Waals surface area contributed by atoms with Gasteiger partial charge >= 0.3 is 0 Å². The van der Waals surface area contributed by atoms with Crippen LogP contribution in [0.2, 0.25) is 10.0 Å². The molecule has 0 radical (unpaired) electrons. The van der Waals surface area contributed by atoms with Crippen LogP contribution in [0.4, 0.5) is 0 Å². The first kappa shape index (κ1) is 15.2. The summed E-state index contributed by atoms with van der Waals surface area (Å²) in [6.07, 6.45) is 0. The molecule has 5 heteroatoms. The summed E-state index contributed by atoms with van der Waals surface area (Å²) in [5, 5.41) is 1.52. The highest BCUT2D eigenvalue weighted by atomic mass is 79.9. The molecule has 2 rings (SSSR count). The Morgan fingerprint density at radius 3 is 2.63 bits per heavy atom. The van der Waals surface area contributed by atoms with Gasteiger partial charge < -0.3 is 5.73 Å². The van der Waals surface area contributed by atoms with E-state index < -0.39 is 0 Å². The van der Waals surface area contributed by atoms with Crippen LogP contribution in [-0.4, -0.2) is 6.54 Å². The van der Waals surface area contributed by atoms with Gasteiger partial charge in [0.1, 0.15) is 0 Å². The fraction of sp³-hybridized carbons (Fsp3) is 0.143. The van der Waals surface area contributed by atoms with Gasteiger partial charge in [-0.15, -0.1) is 11.8 Å². The summed E-state index contributed by atoms with van der Waals surface area (Å²) in [5.74, 6) is 0. The molecule has 0 saturated heterocycles. The summed E-state index contributed by atoms with van der Waals surface area (Å²) in [6.45, 7) is 0.532. The van der Waals surface area contributed by atoms with Crippen molar-refractivity contribution in [3.63, 3.8) is 0 Å². The van der Waals surface area contributed by atoms with Crippen LogP contribution in [0.1, 0.15) is 10.8 Å². The quantitative estimate of drug-likeness (QED) is 0.708. The molecule has 0 bridgehead atoms. The largest absolute Gasteiger partial charge is 0.329 e. The molecule has 0 aromatic heterocycles. The molecule has 0 aliphatic carbocycles. The number of nitrogens with two attached hydrogens (primary N) is 1. The molecule has 0 heterocycles. The predicted octanol–water partition coefficient (Wildman–Crippen LogP) is 5.55. The lowest BCUT2D eigenvalue weighted by molar-refractivity contribution is 0.940. The molecule has 2 aromatic carbocycles. The highest BCUT2D eigenvalue weighted by Crippen LogP contribution is 2.39. The zero-order valence-electron chi connectivity index (χ0n) is 9.95. The molecule has 100 valence electrons. The minimum absolute atomic E-state index is 0.147. The normalized spacial score (nSPS) is 12.4. The smallest absolute Gasteiger partial charge is 0.0543 e. The molecule has 0 amide bonds. The molecule has 1 atom stereocenters. The first-order valence-corrected chi connectivity index (χ1v) is 8.10. The summed E-state index contributed by atoms with van der Waals surface area (Å²) in [5.41, 5.74) is 7.04. The van der Waals surface area contributed by atoms with Crippen molar-refractivity contribution in [3.05, 3.63) is 62.5 Å². The van der Waals surface area contributed by atoms with Crippen LogP contribution in [0.25, 0.3) is 0 Å². The molecule has 1 nitrogen and oxygen atoms in total. The lowest BCUT2D eigenvalue weighted by atomic mass is 10.1. The third kappa shape index (κ3) is 4.14. The van der Waals surface area contributed by atoms with Gasteiger partial charge in [-0.25, -0.2) is 0 Å². The summed E-state index contributed by atoms with van der Waals surface area (Å²) in [6, 6.07) is 13.6. The van der Waals surface area contributed by atoms with Crippen molar-refractivity contribution >= 4 is 50.9 Å². The summed E-state index contributed by atoms with van der Waals surface area (Å²) in [4.78, 5) is 0.949. The number of rotatable bonds is 4. The van der Waals surface area contributed by atoms with Crippen LogP contribution >= 0.6 is 50.9 Å². The van der Waals surface area contributed by atoms with E-state index in [9.17, 15) is 0 Å². The van der Waals surface area contributed by atoms with Crippen molar-refractivity contribution in [2.75, 3.05) is 6.54 Å². The maximum Gasteiger partial charge on any atom is 0.0543 e. The molecule has 2 aromatic rings. The van der Waals surface area contributed by atoms with Crippen molar-refractivity contribution in [3.8, 4) is 0 Å². The first-order chi connectivity index (χ1) is 9.10. The van der Waals surface area contributed by atoms with E-state index in [2.05, 4.69) is 28.1 Å². The van der Waals surface area contributed by atoms with Crippen molar-refractivity contribution in [1.29, 1.82) is 0 Å². The predicted molar refractivity (Wildman–Crippen MR) is 88.3 cm³/mol. The van der Waals surface area contributed by atoms with Gasteiger partial charge in [-0.2, -0.15) is 0 Å². The van der Waals surface area contributed by atoms with Gasteiger partial charge in [-0.05, 0) is 35.9 Å². The van der Waals surface area contributed by atoms with Crippen LogP contribution < -0.4 is 5.73 Å². The molecule has 2 N–H and O–H groups in total. The van der Waals surface area contributed by atoms with Gasteiger partial charge in [0.2, 0.25) is 0 Å². The Balaban J connectivity index is 2.26. The summed E-state index contributed by atoms with van der Waals surface area (Å²) in [7, 11) is 0. The topological polar surface area (TPSA) is 26.0 Å². The second-order valence-corrected chi connectivity index (χ2v) is 6.98. The minimum Gasteiger partial charge on any atom is -0.329 e. The van der Waals surface area contributed by atoms with E-state index >= 15 is 0 Å². The van der Waals surface area contributed by atoms with Crippen LogP contribution in [0.5, 0.6) is 0 Å². The average molecular weight is 377 g/mol. The standard InChI is InChI=1S/C14H12BrCl2NS/c15-10-3-1-2-9(6-10)14(8-18)19-13-7-11(16)4-5-12(13)17/h1-7,14H,8,18H2. The highest BCUT2D eigenvalue weighted by Gasteiger charge is 2.14. The lowest BCUT2D eigenvalue weighted by Crippen LogP contribution is -2.09. The second-order valence-electron chi connectivity index (χ2n) is 3.97. The van der Waals surface area contributed by atoms with Gasteiger partial charge in [-0.3, -0.25) is 0 Å². The van der Waals surface area contributed by atoms with E-state index in [0.717, 1.165) is 14.9 Å². The maximum atomic E-state index is 6.19. The number of hydrogen-bond acceptors (Lipinski definition) is 2. The van der Waals surface area contributed by atoms with Gasteiger partial charge in [0.25, 0.3) is 0 Å². The molecule has 0 saturated carbocycles. The Morgan fingerprint density at radius 2 is 1.95 bits per heavy atom. The third-order valence-electron chi connectivity index (χ3n) is 2.60.